The summed E-state index contributed by atoms with van der Waals surface area (Å²) in [7, 11) is 0. The fraction of sp³-hybridized carbons (Fsp3) is 0.278. The van der Waals surface area contributed by atoms with Gasteiger partial charge in [-0.25, -0.2) is 0 Å². The van der Waals surface area contributed by atoms with Crippen molar-refractivity contribution >= 4 is 23.4 Å². The molecule has 1 aromatic carbocycles. The van der Waals surface area contributed by atoms with Crippen LogP contribution in [0.4, 0.5) is 13.2 Å². The lowest BCUT2D eigenvalue weighted by Gasteiger charge is -2.17. The van der Waals surface area contributed by atoms with Gasteiger partial charge in [0.25, 0.3) is 0 Å². The lowest BCUT2D eigenvalue weighted by molar-refractivity contribution is -0.143. The molecule has 0 bridgehead atoms. The predicted octanol–water partition coefficient (Wildman–Crippen LogP) is 4.67. The minimum absolute atomic E-state index is 0.0956. The Morgan fingerprint density at radius 2 is 1.85 bits per heavy atom. The second-order valence-electron chi connectivity index (χ2n) is 5.40. The number of halogens is 4. The van der Waals surface area contributed by atoms with E-state index in [2.05, 4.69) is 4.98 Å². The number of carbonyl (C=O) groups excluding carboxylic acids is 2. The average molecular weight is 386 g/mol. The molecule has 0 N–H and O–H groups in total. The van der Waals surface area contributed by atoms with Crippen LogP contribution in [0.3, 0.4) is 0 Å². The van der Waals surface area contributed by atoms with Crippen LogP contribution in [-0.2, 0) is 15.7 Å². The number of carbonyl (C=O) groups is 2. The summed E-state index contributed by atoms with van der Waals surface area (Å²) in [6.45, 7) is 1.75. The van der Waals surface area contributed by atoms with Gasteiger partial charge in [0.2, 0.25) is 0 Å². The highest BCUT2D eigenvalue weighted by Gasteiger charge is 2.32. The Morgan fingerprint density at radius 1 is 1.19 bits per heavy atom. The summed E-state index contributed by atoms with van der Waals surface area (Å²) in [6.07, 6.45) is -2.15. The van der Waals surface area contributed by atoms with Crippen molar-refractivity contribution in [2.45, 2.75) is 25.4 Å². The van der Waals surface area contributed by atoms with Gasteiger partial charge < -0.3 is 4.74 Å². The van der Waals surface area contributed by atoms with Crippen LogP contribution in [0.15, 0.2) is 42.7 Å². The zero-order valence-electron chi connectivity index (χ0n) is 13.7. The smallest absolute Gasteiger partial charge is 0.416 e. The van der Waals surface area contributed by atoms with Crippen LogP contribution in [0.5, 0.6) is 0 Å². The maximum absolute atomic E-state index is 12.8. The van der Waals surface area contributed by atoms with Crippen molar-refractivity contribution in [1.29, 1.82) is 0 Å². The lowest BCUT2D eigenvalue weighted by Crippen LogP contribution is -2.19. The molecular formula is C18H15ClF3NO3. The Bertz CT molecular complexity index is 791. The Hall–Kier alpha value is -2.41. The standard InChI is InChI=1S/C18H15ClF3NO3/c1-2-26-16(24)9-14(17(25)13-7-8-23-10-15(13)19)11-3-5-12(6-4-11)18(20,21)22/h3-8,10,14H,2,9H2,1H3. The molecule has 1 unspecified atom stereocenters. The van der Waals surface area contributed by atoms with Crippen molar-refractivity contribution < 1.29 is 27.5 Å². The fourth-order valence-corrected chi connectivity index (χ4v) is 2.63. The summed E-state index contributed by atoms with van der Waals surface area (Å²) < 4.78 is 43.1. The molecule has 4 nitrogen and oxygen atoms in total. The van der Waals surface area contributed by atoms with Crippen molar-refractivity contribution in [1.82, 2.24) is 4.98 Å². The molecule has 26 heavy (non-hydrogen) atoms. The topological polar surface area (TPSA) is 56.3 Å². The zero-order valence-corrected chi connectivity index (χ0v) is 14.5. The summed E-state index contributed by atoms with van der Waals surface area (Å²) in [6, 6.07) is 5.50. The van der Waals surface area contributed by atoms with E-state index in [0.29, 0.717) is 0 Å². The molecule has 0 saturated heterocycles. The average Bonchev–Trinajstić information content (AvgIpc) is 2.59. The molecule has 8 heteroatoms. The highest BCUT2D eigenvalue weighted by atomic mass is 35.5. The van der Waals surface area contributed by atoms with Gasteiger partial charge in [-0.05, 0) is 30.7 Å². The maximum Gasteiger partial charge on any atom is 0.416 e. The number of ether oxygens (including phenoxy) is 1. The zero-order chi connectivity index (χ0) is 19.3. The van der Waals surface area contributed by atoms with E-state index in [9.17, 15) is 22.8 Å². The Labute approximate surface area is 152 Å². The van der Waals surface area contributed by atoms with E-state index in [1.54, 1.807) is 6.92 Å². The molecule has 0 spiro atoms. The molecular weight excluding hydrogens is 371 g/mol. The number of benzene rings is 1. The van der Waals surface area contributed by atoms with Gasteiger partial charge >= 0.3 is 12.1 Å². The van der Waals surface area contributed by atoms with Crippen molar-refractivity contribution in [2.75, 3.05) is 6.61 Å². The van der Waals surface area contributed by atoms with Crippen molar-refractivity contribution in [2.24, 2.45) is 0 Å². The van der Waals surface area contributed by atoms with Crippen molar-refractivity contribution in [3.8, 4) is 0 Å². The van der Waals surface area contributed by atoms with E-state index in [1.165, 1.54) is 30.6 Å². The van der Waals surface area contributed by atoms with Crippen LogP contribution in [0, 0.1) is 0 Å². The molecule has 1 aromatic heterocycles. The Morgan fingerprint density at radius 3 is 2.38 bits per heavy atom. The van der Waals surface area contributed by atoms with Gasteiger partial charge in [-0.2, -0.15) is 13.2 Å². The predicted molar refractivity (Wildman–Crippen MR) is 89.0 cm³/mol. The first-order valence-electron chi connectivity index (χ1n) is 7.70. The number of hydrogen-bond donors (Lipinski definition) is 0. The summed E-state index contributed by atoms with van der Waals surface area (Å²) in [4.78, 5) is 28.5. The lowest BCUT2D eigenvalue weighted by atomic mass is 9.88. The number of alkyl halides is 3. The molecule has 2 aromatic rings. The minimum Gasteiger partial charge on any atom is -0.466 e. The summed E-state index contributed by atoms with van der Waals surface area (Å²) in [5, 5.41) is 0.0956. The monoisotopic (exact) mass is 385 g/mol. The van der Waals surface area contributed by atoms with Gasteiger partial charge in [0, 0.05) is 18.0 Å². The third kappa shape index (κ3) is 4.82. The molecule has 0 aliphatic carbocycles. The number of aromatic nitrogens is 1. The van der Waals surface area contributed by atoms with Gasteiger partial charge in [0.1, 0.15) is 0 Å². The quantitative estimate of drug-likeness (QED) is 0.535. The second kappa shape index (κ2) is 8.31. The molecule has 2 rings (SSSR count). The van der Waals surface area contributed by atoms with Crippen LogP contribution in [0.1, 0.15) is 40.7 Å². The Kier molecular flexibility index (Phi) is 6.37. The third-order valence-corrected chi connectivity index (χ3v) is 3.97. The molecule has 0 radical (unpaired) electrons. The van der Waals surface area contributed by atoms with Gasteiger partial charge in [0.15, 0.2) is 5.78 Å². The first-order chi connectivity index (χ1) is 12.2. The van der Waals surface area contributed by atoms with Crippen LogP contribution in [-0.4, -0.2) is 23.3 Å². The number of hydrogen-bond acceptors (Lipinski definition) is 4. The van der Waals surface area contributed by atoms with E-state index in [1.807, 2.05) is 0 Å². The minimum atomic E-state index is -4.49. The molecule has 1 atom stereocenters. The van der Waals surface area contributed by atoms with Gasteiger partial charge in [0.05, 0.1) is 29.5 Å². The first-order valence-corrected chi connectivity index (χ1v) is 8.08. The normalized spacial score (nSPS) is 12.5. The van der Waals surface area contributed by atoms with E-state index in [0.717, 1.165) is 12.1 Å². The van der Waals surface area contributed by atoms with Crippen molar-refractivity contribution in [3.05, 3.63) is 64.4 Å². The van der Waals surface area contributed by atoms with E-state index in [4.69, 9.17) is 16.3 Å². The summed E-state index contributed by atoms with van der Waals surface area (Å²) in [5.74, 6) is -2.14. The Balaban J connectivity index is 2.39. The number of nitrogens with zero attached hydrogens (tertiary/aromatic N) is 1. The number of pyridine rings is 1. The third-order valence-electron chi connectivity index (χ3n) is 3.67. The van der Waals surface area contributed by atoms with Crippen LogP contribution in [0.25, 0.3) is 0 Å². The maximum atomic E-state index is 12.8. The van der Waals surface area contributed by atoms with Gasteiger partial charge in [-0.3, -0.25) is 14.6 Å². The molecule has 0 amide bonds. The first kappa shape index (κ1) is 19.9. The largest absolute Gasteiger partial charge is 0.466 e. The molecule has 0 aliphatic heterocycles. The number of Topliss-reactive ketones (excluding diaryl/α,β-unsaturated/α-hetero) is 1. The van der Waals surface area contributed by atoms with Crippen LogP contribution >= 0.6 is 11.6 Å². The second-order valence-corrected chi connectivity index (χ2v) is 5.81. The summed E-state index contributed by atoms with van der Waals surface area (Å²) in [5.41, 5.74) is -0.440. The molecule has 0 aliphatic rings. The van der Waals surface area contributed by atoms with E-state index < -0.39 is 29.4 Å². The molecule has 1 heterocycles. The number of esters is 1. The van der Waals surface area contributed by atoms with Crippen LogP contribution in [0.2, 0.25) is 5.02 Å². The van der Waals surface area contributed by atoms with Crippen molar-refractivity contribution in [3.63, 3.8) is 0 Å². The van der Waals surface area contributed by atoms with E-state index in [-0.39, 0.29) is 29.2 Å². The van der Waals surface area contributed by atoms with Crippen LogP contribution < -0.4 is 0 Å². The highest BCUT2D eigenvalue weighted by Crippen LogP contribution is 2.32. The van der Waals surface area contributed by atoms with Gasteiger partial charge in [-0.15, -0.1) is 0 Å². The number of ketones is 1. The molecule has 138 valence electrons. The fourth-order valence-electron chi connectivity index (χ4n) is 2.42. The SMILES string of the molecule is CCOC(=O)CC(C(=O)c1ccncc1Cl)c1ccc(C(F)(F)F)cc1. The van der Waals surface area contributed by atoms with E-state index >= 15 is 0 Å². The highest BCUT2D eigenvalue weighted by molar-refractivity contribution is 6.34. The molecule has 0 saturated carbocycles. The molecule has 0 fully saturated rings. The summed E-state index contributed by atoms with van der Waals surface area (Å²) >= 11 is 5.99. The number of rotatable bonds is 6. The van der Waals surface area contributed by atoms with Gasteiger partial charge in [-0.1, -0.05) is 23.7 Å².